The molecule has 0 aromatic carbocycles. The summed E-state index contributed by atoms with van der Waals surface area (Å²) in [7, 11) is -9.92. The minimum absolute atomic E-state index is 0.0995. The van der Waals surface area contributed by atoms with Crippen molar-refractivity contribution < 1.29 is 80.2 Å². The number of hydrogen-bond donors (Lipinski definition) is 3. The van der Waals surface area contributed by atoms with Gasteiger partial charge in [-0.3, -0.25) is 37.3 Å². The van der Waals surface area contributed by atoms with Crippen LogP contribution in [0.5, 0.6) is 0 Å². The van der Waals surface area contributed by atoms with E-state index in [1.54, 1.807) is 0 Å². The van der Waals surface area contributed by atoms with Gasteiger partial charge in [-0.15, -0.1) is 0 Å². The Morgan fingerprint density at radius 1 is 0.330 bits per heavy atom. The third-order valence-corrected chi connectivity index (χ3v) is 18.7. The van der Waals surface area contributed by atoms with Crippen LogP contribution in [0.1, 0.15) is 357 Å². The first-order valence-corrected chi connectivity index (χ1v) is 41.2. The lowest BCUT2D eigenvalue weighted by molar-refractivity contribution is -0.161. The van der Waals surface area contributed by atoms with Crippen molar-refractivity contribution in [2.24, 2.45) is 17.8 Å². The maximum Gasteiger partial charge on any atom is 0.472 e. The minimum atomic E-state index is -4.96. The Bertz CT molecular complexity index is 1930. The molecule has 3 N–H and O–H groups in total. The highest BCUT2D eigenvalue weighted by molar-refractivity contribution is 7.47. The Morgan fingerprint density at radius 2 is 0.574 bits per heavy atom. The van der Waals surface area contributed by atoms with E-state index >= 15 is 0 Å². The molecule has 19 heteroatoms. The second kappa shape index (κ2) is 65.2. The number of rotatable bonds is 71. The van der Waals surface area contributed by atoms with Crippen LogP contribution < -0.4 is 0 Å². The van der Waals surface area contributed by atoms with Gasteiger partial charge in [0.2, 0.25) is 0 Å². The third kappa shape index (κ3) is 68.1. The standard InChI is InChI=1S/C75H142O17P2/c1-8-9-10-11-12-13-14-15-16-17-24-29-34-42-49-56-72(77)85-62-70(91-74(79)58-51-44-35-30-25-20-18-22-27-32-39-46-53-66(2)3)64-89-93(81,82)87-60-69(76)61-88-94(83,84)90-65-71(63-86-73(78)57-50-43-38-37-41-48-55-68(6)7)92-75(80)59-52-45-36-31-26-21-19-23-28-33-40-47-54-67(4)5/h13-16,66-71,76H,8-12,17-65H2,1-7H3,(H,81,82)(H,83,84)/b14-13-,16-15-/t69-,70-,71-/m1/s1. The fourth-order valence-electron chi connectivity index (χ4n) is 10.9. The molecular weight excluding hydrogens is 1230 g/mol. The molecule has 2 unspecified atom stereocenters. The largest absolute Gasteiger partial charge is 0.472 e. The number of esters is 4. The topological polar surface area (TPSA) is 237 Å². The number of phosphoric acid groups is 2. The second-order valence-corrected chi connectivity index (χ2v) is 30.7. The van der Waals surface area contributed by atoms with E-state index in [2.05, 4.69) is 72.8 Å². The average Bonchev–Trinajstić information content (AvgIpc) is 3.50. The average molecular weight is 1380 g/mol. The van der Waals surface area contributed by atoms with E-state index in [0.29, 0.717) is 31.6 Å². The smallest absolute Gasteiger partial charge is 0.462 e. The van der Waals surface area contributed by atoms with Crippen molar-refractivity contribution in [1.82, 2.24) is 0 Å². The molecule has 0 heterocycles. The van der Waals surface area contributed by atoms with E-state index in [4.69, 9.17) is 37.0 Å². The van der Waals surface area contributed by atoms with Gasteiger partial charge in [0.1, 0.15) is 19.3 Å². The molecule has 0 spiro atoms. The molecule has 0 aromatic heterocycles. The fourth-order valence-corrected chi connectivity index (χ4v) is 12.5. The Labute approximate surface area is 573 Å². The van der Waals surface area contributed by atoms with Gasteiger partial charge in [-0.05, 0) is 69.1 Å². The molecule has 0 aliphatic carbocycles. The van der Waals surface area contributed by atoms with Gasteiger partial charge in [-0.1, -0.05) is 304 Å². The normalized spacial score (nSPS) is 14.3. The van der Waals surface area contributed by atoms with Crippen molar-refractivity contribution in [2.75, 3.05) is 39.6 Å². The summed E-state index contributed by atoms with van der Waals surface area (Å²) in [4.78, 5) is 72.7. The van der Waals surface area contributed by atoms with Crippen LogP contribution in [-0.2, 0) is 65.4 Å². The van der Waals surface area contributed by atoms with Gasteiger partial charge >= 0.3 is 39.5 Å². The predicted molar refractivity (Wildman–Crippen MR) is 381 cm³/mol. The molecule has 94 heavy (non-hydrogen) atoms. The molecule has 0 bridgehead atoms. The van der Waals surface area contributed by atoms with Gasteiger partial charge in [-0.2, -0.15) is 0 Å². The molecule has 0 fully saturated rings. The summed E-state index contributed by atoms with van der Waals surface area (Å²) in [6, 6.07) is 0. The summed E-state index contributed by atoms with van der Waals surface area (Å²) in [5, 5.41) is 10.6. The van der Waals surface area contributed by atoms with E-state index in [9.17, 15) is 43.2 Å². The molecule has 554 valence electrons. The first kappa shape index (κ1) is 91.5. The zero-order valence-electron chi connectivity index (χ0n) is 60.9. The SMILES string of the molecule is CCCCCC/C=C\C=C/CCCCCCCC(=O)OC[C@H](COP(=O)(O)OC[C@@H](O)COP(=O)(O)OC[C@@H](COC(=O)CCCCCCCCC(C)C)OC(=O)CCCCCCCCCCCCCCC(C)C)OC(=O)CCCCCCCCCCCCCCC(C)C. The van der Waals surface area contributed by atoms with Crippen LogP contribution >= 0.6 is 15.6 Å². The van der Waals surface area contributed by atoms with Crippen molar-refractivity contribution in [2.45, 2.75) is 375 Å². The summed E-state index contributed by atoms with van der Waals surface area (Å²) in [5.41, 5.74) is 0. The highest BCUT2D eigenvalue weighted by atomic mass is 31.2. The van der Waals surface area contributed by atoms with Gasteiger partial charge in [0.25, 0.3) is 0 Å². The zero-order chi connectivity index (χ0) is 69.4. The van der Waals surface area contributed by atoms with Crippen LogP contribution in [0, 0.1) is 17.8 Å². The molecule has 0 saturated heterocycles. The molecule has 0 amide bonds. The Kier molecular flexibility index (Phi) is 63.5. The number of phosphoric ester groups is 2. The third-order valence-electron chi connectivity index (χ3n) is 16.8. The molecule has 0 aromatic rings. The summed E-state index contributed by atoms with van der Waals surface area (Å²) >= 11 is 0. The maximum atomic E-state index is 13.1. The number of carbonyl (C=O) groups is 4. The van der Waals surface area contributed by atoms with Crippen LogP contribution in [0.4, 0.5) is 0 Å². The maximum absolute atomic E-state index is 13.1. The molecule has 0 aliphatic heterocycles. The number of ether oxygens (including phenoxy) is 4. The highest BCUT2D eigenvalue weighted by Crippen LogP contribution is 2.45. The quantitative estimate of drug-likeness (QED) is 0.0169. The van der Waals surface area contributed by atoms with E-state index in [0.717, 1.165) is 127 Å². The van der Waals surface area contributed by atoms with Crippen molar-refractivity contribution in [3.63, 3.8) is 0 Å². The summed E-state index contributed by atoms with van der Waals surface area (Å²) in [6.07, 6.45) is 53.6. The van der Waals surface area contributed by atoms with Crippen molar-refractivity contribution >= 4 is 39.5 Å². The van der Waals surface area contributed by atoms with E-state index < -0.39 is 97.5 Å². The van der Waals surface area contributed by atoms with Crippen LogP contribution in [0.3, 0.4) is 0 Å². The summed E-state index contributed by atoms with van der Waals surface area (Å²) < 4.78 is 68.4. The van der Waals surface area contributed by atoms with Crippen LogP contribution in [-0.4, -0.2) is 96.7 Å². The minimum Gasteiger partial charge on any atom is -0.462 e. The predicted octanol–water partition coefficient (Wildman–Crippen LogP) is 21.3. The molecular formula is C75H142O17P2. The van der Waals surface area contributed by atoms with Crippen molar-refractivity contribution in [3.8, 4) is 0 Å². The lowest BCUT2D eigenvalue weighted by atomic mass is 10.0. The number of hydrogen-bond acceptors (Lipinski definition) is 15. The highest BCUT2D eigenvalue weighted by Gasteiger charge is 2.30. The Balaban J connectivity index is 5.28. The second-order valence-electron chi connectivity index (χ2n) is 27.8. The zero-order valence-corrected chi connectivity index (χ0v) is 62.7. The first-order valence-electron chi connectivity index (χ1n) is 38.2. The molecule has 0 radical (unpaired) electrons. The number of aliphatic hydroxyl groups is 1. The summed E-state index contributed by atoms with van der Waals surface area (Å²) in [6.45, 7) is 11.8. The lowest BCUT2D eigenvalue weighted by Crippen LogP contribution is -2.30. The fraction of sp³-hybridized carbons (Fsp3) is 0.893. The van der Waals surface area contributed by atoms with E-state index in [1.807, 2.05) is 0 Å². The lowest BCUT2D eigenvalue weighted by Gasteiger charge is -2.21. The number of unbranched alkanes of at least 4 members (excludes halogenated alkanes) is 36. The van der Waals surface area contributed by atoms with E-state index in [-0.39, 0.29) is 25.7 Å². The van der Waals surface area contributed by atoms with Crippen LogP contribution in [0.15, 0.2) is 24.3 Å². The monoisotopic (exact) mass is 1380 g/mol. The van der Waals surface area contributed by atoms with E-state index in [1.165, 1.54) is 141 Å². The van der Waals surface area contributed by atoms with Crippen molar-refractivity contribution in [1.29, 1.82) is 0 Å². The van der Waals surface area contributed by atoms with Gasteiger partial charge in [0.15, 0.2) is 12.2 Å². The van der Waals surface area contributed by atoms with Gasteiger partial charge < -0.3 is 33.8 Å². The van der Waals surface area contributed by atoms with Gasteiger partial charge in [0.05, 0.1) is 26.4 Å². The molecule has 5 atom stereocenters. The Morgan fingerprint density at radius 3 is 0.862 bits per heavy atom. The van der Waals surface area contributed by atoms with Crippen molar-refractivity contribution in [3.05, 3.63) is 24.3 Å². The van der Waals surface area contributed by atoms with Gasteiger partial charge in [0, 0.05) is 25.7 Å². The molecule has 0 rings (SSSR count). The Hall–Kier alpha value is -2.46. The van der Waals surface area contributed by atoms with Gasteiger partial charge in [-0.25, -0.2) is 9.13 Å². The molecule has 0 aliphatic rings. The number of carbonyl (C=O) groups excluding carboxylic acids is 4. The summed E-state index contributed by atoms with van der Waals surface area (Å²) in [5.74, 6) is 0.0759. The number of allylic oxidation sites excluding steroid dienone is 4. The first-order chi connectivity index (χ1) is 45.2. The molecule has 0 saturated carbocycles. The van der Waals surface area contributed by atoms with Crippen LogP contribution in [0.2, 0.25) is 0 Å². The van der Waals surface area contributed by atoms with Crippen LogP contribution in [0.25, 0.3) is 0 Å². The number of aliphatic hydroxyl groups excluding tert-OH is 1. The molecule has 17 nitrogen and oxygen atoms in total.